The number of amides is 2. The number of methoxy groups -OCH3 is 1. The van der Waals surface area contributed by atoms with Crippen LogP contribution < -0.4 is 15.1 Å². The van der Waals surface area contributed by atoms with Crippen molar-refractivity contribution in [3.8, 4) is 0 Å². The average molecular weight is 371 g/mol. The van der Waals surface area contributed by atoms with Crippen LogP contribution in [0.1, 0.15) is 22.5 Å². The molecule has 0 radical (unpaired) electrons. The van der Waals surface area contributed by atoms with Crippen molar-refractivity contribution in [1.29, 1.82) is 0 Å². The number of pyridine rings is 2. The number of hydrogen-bond acceptors (Lipinski definition) is 6. The van der Waals surface area contributed by atoms with Gasteiger partial charge in [0.2, 0.25) is 0 Å². The topological polar surface area (TPSA) is 87.7 Å². The lowest BCUT2D eigenvalue weighted by Gasteiger charge is -2.35. The molecule has 2 aromatic heterocycles. The second-order valence-corrected chi connectivity index (χ2v) is 6.54. The predicted molar refractivity (Wildman–Crippen MR) is 96.6 cm³/mol. The van der Waals surface area contributed by atoms with Crippen LogP contribution in [-0.4, -0.2) is 48.2 Å². The molecule has 4 rings (SSSR count). The van der Waals surface area contributed by atoms with E-state index in [1.807, 2.05) is 0 Å². The van der Waals surface area contributed by atoms with Gasteiger partial charge in [0.1, 0.15) is 11.6 Å². The number of carbonyl (C=O) groups is 2. The van der Waals surface area contributed by atoms with E-state index in [9.17, 15) is 14.0 Å². The molecule has 9 heteroatoms. The number of nitrogens with zero attached hydrogens (tertiary/aromatic N) is 4. The molecule has 4 heterocycles. The molecule has 1 atom stereocenters. The summed E-state index contributed by atoms with van der Waals surface area (Å²) in [6, 6.07) is 4.34. The molecule has 0 saturated carbocycles. The smallest absolute Gasteiger partial charge is 0.356 e. The minimum Gasteiger partial charge on any atom is -0.464 e. The van der Waals surface area contributed by atoms with E-state index < -0.39 is 17.8 Å². The standard InChI is InChI=1S/C18H18FN5O3/c1-10-7-15(20-8-12(10)19)22-18(26)24-11-5-6-23(9-11)14-4-3-13(17(25)27-2)21-16(14)24/h3-4,7-8,11H,5-6,9H2,1-2H3,(H,20,22,26). The molecule has 1 N–H and O–H groups in total. The fourth-order valence-electron chi connectivity index (χ4n) is 3.47. The van der Waals surface area contributed by atoms with Crippen LogP contribution in [0.5, 0.6) is 0 Å². The van der Waals surface area contributed by atoms with Crippen molar-refractivity contribution >= 4 is 29.3 Å². The molecule has 2 bridgehead atoms. The number of aromatic nitrogens is 2. The summed E-state index contributed by atoms with van der Waals surface area (Å²) in [5.74, 6) is -0.345. The molecular weight excluding hydrogens is 353 g/mol. The van der Waals surface area contributed by atoms with Crippen LogP contribution in [0.15, 0.2) is 24.4 Å². The van der Waals surface area contributed by atoms with Crippen LogP contribution >= 0.6 is 0 Å². The number of carbonyl (C=O) groups excluding carboxylic acids is 2. The summed E-state index contributed by atoms with van der Waals surface area (Å²) in [5.41, 5.74) is 1.31. The zero-order valence-electron chi connectivity index (χ0n) is 14.9. The van der Waals surface area contributed by atoms with Gasteiger partial charge in [-0.1, -0.05) is 0 Å². The highest BCUT2D eigenvalue weighted by Gasteiger charge is 2.40. The Hall–Kier alpha value is -3.23. The van der Waals surface area contributed by atoms with Crippen molar-refractivity contribution in [1.82, 2.24) is 9.97 Å². The molecule has 0 aromatic carbocycles. The molecule has 2 amide bonds. The summed E-state index contributed by atoms with van der Waals surface area (Å²) >= 11 is 0. The fraction of sp³-hybridized carbons (Fsp3) is 0.333. The molecule has 140 valence electrons. The maximum atomic E-state index is 13.4. The van der Waals surface area contributed by atoms with Gasteiger partial charge in [-0.2, -0.15) is 0 Å². The van der Waals surface area contributed by atoms with E-state index in [0.717, 1.165) is 24.8 Å². The van der Waals surface area contributed by atoms with Crippen LogP contribution in [0.25, 0.3) is 0 Å². The third-order valence-corrected chi connectivity index (χ3v) is 4.85. The monoisotopic (exact) mass is 371 g/mol. The lowest BCUT2D eigenvalue weighted by molar-refractivity contribution is 0.0594. The van der Waals surface area contributed by atoms with Crippen molar-refractivity contribution < 1.29 is 18.7 Å². The van der Waals surface area contributed by atoms with Crippen LogP contribution in [0, 0.1) is 12.7 Å². The van der Waals surface area contributed by atoms with Crippen molar-refractivity contribution in [2.45, 2.75) is 19.4 Å². The van der Waals surface area contributed by atoms with E-state index in [1.54, 1.807) is 24.0 Å². The first-order valence-corrected chi connectivity index (χ1v) is 8.54. The van der Waals surface area contributed by atoms with Crippen molar-refractivity contribution in [2.24, 2.45) is 0 Å². The highest BCUT2D eigenvalue weighted by molar-refractivity contribution is 6.04. The van der Waals surface area contributed by atoms with E-state index >= 15 is 0 Å². The number of halogens is 1. The summed E-state index contributed by atoms with van der Waals surface area (Å²) < 4.78 is 18.2. The van der Waals surface area contributed by atoms with Gasteiger partial charge in [0, 0.05) is 13.1 Å². The van der Waals surface area contributed by atoms with Gasteiger partial charge in [0.15, 0.2) is 11.5 Å². The average Bonchev–Trinajstić information content (AvgIpc) is 3.08. The Labute approximate surface area is 155 Å². The lowest BCUT2D eigenvalue weighted by Crippen LogP contribution is -2.48. The Morgan fingerprint density at radius 3 is 2.93 bits per heavy atom. The zero-order chi connectivity index (χ0) is 19.1. The van der Waals surface area contributed by atoms with Crippen LogP contribution in [-0.2, 0) is 4.74 Å². The first-order valence-electron chi connectivity index (χ1n) is 8.54. The number of nitrogens with one attached hydrogen (secondary N) is 1. The molecule has 1 saturated heterocycles. The van der Waals surface area contributed by atoms with Gasteiger partial charge in [0.25, 0.3) is 0 Å². The molecule has 2 aliphatic rings. The van der Waals surface area contributed by atoms with E-state index in [4.69, 9.17) is 4.74 Å². The minimum atomic E-state index is -0.568. The van der Waals surface area contributed by atoms with Gasteiger partial charge in [-0.25, -0.2) is 23.9 Å². The first kappa shape index (κ1) is 17.2. The fourth-order valence-corrected chi connectivity index (χ4v) is 3.47. The maximum absolute atomic E-state index is 13.4. The second kappa shape index (κ2) is 6.49. The largest absolute Gasteiger partial charge is 0.464 e. The number of anilines is 3. The number of esters is 1. The van der Waals surface area contributed by atoms with E-state index in [-0.39, 0.29) is 17.6 Å². The van der Waals surface area contributed by atoms with Crippen molar-refractivity contribution in [3.63, 3.8) is 0 Å². The zero-order valence-corrected chi connectivity index (χ0v) is 14.9. The Balaban J connectivity index is 1.69. The third kappa shape index (κ3) is 2.94. The number of rotatable bonds is 2. The molecule has 8 nitrogen and oxygen atoms in total. The normalized spacial score (nSPS) is 17.5. The van der Waals surface area contributed by atoms with Crippen molar-refractivity contribution in [3.05, 3.63) is 41.5 Å². The Morgan fingerprint density at radius 2 is 2.19 bits per heavy atom. The van der Waals surface area contributed by atoms with Gasteiger partial charge in [0.05, 0.1) is 25.0 Å². The highest BCUT2D eigenvalue weighted by atomic mass is 19.1. The van der Waals surface area contributed by atoms with Crippen LogP contribution in [0.4, 0.5) is 26.5 Å². The molecule has 0 spiro atoms. The highest BCUT2D eigenvalue weighted by Crippen LogP contribution is 2.39. The molecule has 1 unspecified atom stereocenters. The SMILES string of the molecule is COC(=O)c1ccc2c(n1)N(C(=O)Nc1cc(C)c(F)cn1)C1CCN2C1. The molecule has 1 fully saturated rings. The number of fused-ring (bicyclic) bond motifs is 4. The summed E-state index contributed by atoms with van der Waals surface area (Å²) in [6.07, 6.45) is 1.85. The number of hydrogen-bond donors (Lipinski definition) is 1. The molecule has 0 aliphatic carbocycles. The van der Waals surface area contributed by atoms with Gasteiger partial charge in [-0.15, -0.1) is 0 Å². The molecule has 2 aliphatic heterocycles. The number of ether oxygens (including phenoxy) is 1. The molecule has 27 heavy (non-hydrogen) atoms. The number of urea groups is 1. The van der Waals surface area contributed by atoms with E-state index in [0.29, 0.717) is 17.9 Å². The van der Waals surface area contributed by atoms with Gasteiger partial charge in [-0.05, 0) is 37.1 Å². The van der Waals surface area contributed by atoms with Gasteiger partial charge < -0.3 is 9.64 Å². The number of aryl methyl sites for hydroxylation is 1. The minimum absolute atomic E-state index is 0.0700. The third-order valence-electron chi connectivity index (χ3n) is 4.85. The van der Waals surface area contributed by atoms with Crippen LogP contribution in [0.2, 0.25) is 0 Å². The van der Waals surface area contributed by atoms with Gasteiger partial charge in [-0.3, -0.25) is 10.2 Å². The predicted octanol–water partition coefficient (Wildman–Crippen LogP) is 2.34. The quantitative estimate of drug-likeness (QED) is 0.816. The van der Waals surface area contributed by atoms with E-state index in [1.165, 1.54) is 13.2 Å². The Bertz CT molecular complexity index is 935. The van der Waals surface area contributed by atoms with Crippen molar-refractivity contribution in [2.75, 3.05) is 35.3 Å². The second-order valence-electron chi connectivity index (χ2n) is 6.54. The Morgan fingerprint density at radius 1 is 1.37 bits per heavy atom. The van der Waals surface area contributed by atoms with Gasteiger partial charge >= 0.3 is 12.0 Å². The maximum Gasteiger partial charge on any atom is 0.356 e. The summed E-state index contributed by atoms with van der Waals surface area (Å²) in [6.45, 7) is 3.09. The van der Waals surface area contributed by atoms with Crippen LogP contribution in [0.3, 0.4) is 0 Å². The summed E-state index contributed by atoms with van der Waals surface area (Å²) in [4.78, 5) is 36.8. The summed E-state index contributed by atoms with van der Waals surface area (Å²) in [5, 5.41) is 2.70. The van der Waals surface area contributed by atoms with E-state index in [2.05, 4.69) is 20.2 Å². The first-order chi connectivity index (χ1) is 13.0. The molecular formula is C18H18FN5O3. The molecule has 2 aromatic rings. The Kier molecular flexibility index (Phi) is 4.14. The summed E-state index contributed by atoms with van der Waals surface area (Å²) in [7, 11) is 1.28. The lowest BCUT2D eigenvalue weighted by atomic mass is 10.2.